The number of fused-ring (bicyclic) bond motifs is 1. The molecule has 4 aromatic rings. The van der Waals surface area contributed by atoms with Crippen LogP contribution in [0.4, 0.5) is 0 Å². The molecule has 0 aliphatic rings. The smallest absolute Gasteiger partial charge is 0.220 e. The molecule has 3 aromatic carbocycles. The molecule has 1 heterocycles. The fourth-order valence-electron chi connectivity index (χ4n) is 4.32. The fourth-order valence-corrected chi connectivity index (χ4v) is 4.32. The number of benzene rings is 3. The van der Waals surface area contributed by atoms with Crippen molar-refractivity contribution in [1.82, 2.24) is 10.3 Å². The summed E-state index contributed by atoms with van der Waals surface area (Å²) < 4.78 is 16.2. The summed E-state index contributed by atoms with van der Waals surface area (Å²) in [7, 11) is 4.74. The molecule has 0 aliphatic heterocycles. The molecule has 1 amide bonds. The summed E-state index contributed by atoms with van der Waals surface area (Å²) in [5, 5.41) is 4.31. The number of amides is 1. The number of aryl methyl sites for hydroxylation is 1. The largest absolute Gasteiger partial charge is 0.493 e. The van der Waals surface area contributed by atoms with Gasteiger partial charge in [0.25, 0.3) is 0 Å². The molecule has 6 nitrogen and oxygen atoms in total. The minimum Gasteiger partial charge on any atom is -0.493 e. The molecule has 0 fully saturated rings. The van der Waals surface area contributed by atoms with Gasteiger partial charge in [0.2, 0.25) is 11.7 Å². The number of carbonyl (C=O) groups excluding carboxylic acids is 1. The van der Waals surface area contributed by atoms with Crippen LogP contribution in [0.3, 0.4) is 0 Å². The first-order valence-corrected chi connectivity index (χ1v) is 11.3. The topological polar surface area (TPSA) is 72.6 Å². The van der Waals surface area contributed by atoms with Crippen molar-refractivity contribution < 1.29 is 19.0 Å². The van der Waals surface area contributed by atoms with Crippen molar-refractivity contribution in [3.05, 3.63) is 89.6 Å². The highest BCUT2D eigenvalue weighted by atomic mass is 16.5. The molecular weight excluding hydrogens is 428 g/mol. The highest BCUT2D eigenvalue weighted by molar-refractivity contribution is 5.84. The van der Waals surface area contributed by atoms with Crippen LogP contribution in [0.5, 0.6) is 17.2 Å². The number of ether oxygens (including phenoxy) is 3. The van der Waals surface area contributed by atoms with E-state index in [1.54, 1.807) is 21.3 Å². The zero-order valence-electron chi connectivity index (χ0n) is 19.8. The molecule has 1 atom stereocenters. The van der Waals surface area contributed by atoms with E-state index < -0.39 is 0 Å². The fraction of sp³-hybridized carbons (Fsp3) is 0.250. The SMILES string of the molecule is COc1cc(CCC(=O)NC[C@@H](c2ccccc2)c2c[nH]c3ccccc23)cc(OC)c1OC. The maximum Gasteiger partial charge on any atom is 0.220 e. The molecule has 4 rings (SSSR count). The number of carbonyl (C=O) groups is 1. The van der Waals surface area contributed by atoms with E-state index in [9.17, 15) is 4.79 Å². The molecule has 0 spiro atoms. The van der Waals surface area contributed by atoms with Gasteiger partial charge in [-0.05, 0) is 41.3 Å². The lowest BCUT2D eigenvalue weighted by molar-refractivity contribution is -0.121. The number of H-pyrrole nitrogens is 1. The van der Waals surface area contributed by atoms with E-state index in [2.05, 4.69) is 34.6 Å². The Bertz CT molecular complexity index is 1220. The van der Waals surface area contributed by atoms with Gasteiger partial charge in [0.15, 0.2) is 11.5 Å². The second kappa shape index (κ2) is 10.8. The van der Waals surface area contributed by atoms with Crippen LogP contribution in [0.25, 0.3) is 10.9 Å². The van der Waals surface area contributed by atoms with Crippen molar-refractivity contribution >= 4 is 16.8 Å². The molecule has 1 aromatic heterocycles. The molecular formula is C28H30N2O4. The molecule has 176 valence electrons. The Morgan fingerprint density at radius 2 is 1.59 bits per heavy atom. The summed E-state index contributed by atoms with van der Waals surface area (Å²) in [6, 6.07) is 22.3. The number of aromatic amines is 1. The van der Waals surface area contributed by atoms with Gasteiger partial charge < -0.3 is 24.5 Å². The van der Waals surface area contributed by atoms with Crippen molar-refractivity contribution in [1.29, 1.82) is 0 Å². The van der Waals surface area contributed by atoms with Gasteiger partial charge in [0, 0.05) is 36.0 Å². The number of rotatable bonds is 10. The van der Waals surface area contributed by atoms with Crippen molar-refractivity contribution in [3.63, 3.8) is 0 Å². The first-order valence-electron chi connectivity index (χ1n) is 11.3. The predicted octanol–water partition coefficient (Wildman–Crippen LogP) is 5.07. The molecule has 6 heteroatoms. The minimum atomic E-state index is -0.00507. The zero-order valence-corrected chi connectivity index (χ0v) is 19.8. The quantitative estimate of drug-likeness (QED) is 0.348. The number of nitrogens with one attached hydrogen (secondary N) is 2. The standard InChI is InChI=1S/C28H30N2O4/c1-32-25-15-19(16-26(33-2)28(25)34-3)13-14-27(31)30-17-22(20-9-5-4-6-10-20)23-18-29-24-12-8-7-11-21(23)24/h4-12,15-16,18,22,29H,13-14,17H2,1-3H3,(H,30,31)/t22-/m0/s1. The van der Waals surface area contributed by atoms with Crippen LogP contribution in [0.1, 0.15) is 29.0 Å². The van der Waals surface area contributed by atoms with Gasteiger partial charge in [-0.1, -0.05) is 48.5 Å². The summed E-state index contributed by atoms with van der Waals surface area (Å²) in [5.41, 5.74) is 4.37. The average Bonchev–Trinajstić information content (AvgIpc) is 3.31. The van der Waals surface area contributed by atoms with E-state index in [0.717, 1.165) is 16.6 Å². The minimum absolute atomic E-state index is 0.00507. The van der Waals surface area contributed by atoms with E-state index in [4.69, 9.17) is 14.2 Å². The lowest BCUT2D eigenvalue weighted by Gasteiger charge is -2.18. The van der Waals surface area contributed by atoms with Gasteiger partial charge in [0.05, 0.1) is 21.3 Å². The molecule has 0 bridgehead atoms. The molecule has 2 N–H and O–H groups in total. The molecule has 0 saturated carbocycles. The number of aromatic nitrogens is 1. The normalized spacial score (nSPS) is 11.7. The molecule has 0 saturated heterocycles. The first kappa shape index (κ1) is 23.2. The lowest BCUT2D eigenvalue weighted by Crippen LogP contribution is -2.29. The Morgan fingerprint density at radius 1 is 0.912 bits per heavy atom. The zero-order chi connectivity index (χ0) is 23.9. The second-order valence-electron chi connectivity index (χ2n) is 8.09. The summed E-state index contributed by atoms with van der Waals surface area (Å²) >= 11 is 0. The third-order valence-corrected chi connectivity index (χ3v) is 6.07. The van der Waals surface area contributed by atoms with E-state index in [1.165, 1.54) is 10.9 Å². The average molecular weight is 459 g/mol. The Labute approximate surface area is 199 Å². The number of methoxy groups -OCH3 is 3. The van der Waals surface area contributed by atoms with Gasteiger partial charge in [0.1, 0.15) is 0 Å². The first-order chi connectivity index (χ1) is 16.6. The summed E-state index contributed by atoms with van der Waals surface area (Å²) in [6.45, 7) is 0.514. The number of hydrogen-bond donors (Lipinski definition) is 2. The highest BCUT2D eigenvalue weighted by Crippen LogP contribution is 2.38. The van der Waals surface area contributed by atoms with E-state index in [1.807, 2.05) is 48.7 Å². The lowest BCUT2D eigenvalue weighted by atomic mass is 9.91. The van der Waals surface area contributed by atoms with E-state index >= 15 is 0 Å². The molecule has 34 heavy (non-hydrogen) atoms. The van der Waals surface area contributed by atoms with Crippen LogP contribution in [-0.4, -0.2) is 38.8 Å². The Kier molecular flexibility index (Phi) is 7.38. The Balaban J connectivity index is 1.47. The van der Waals surface area contributed by atoms with Crippen LogP contribution in [0.2, 0.25) is 0 Å². The molecule has 0 aliphatic carbocycles. The summed E-state index contributed by atoms with van der Waals surface area (Å²) in [4.78, 5) is 16.2. The molecule has 0 radical (unpaired) electrons. The third kappa shape index (κ3) is 5.01. The van der Waals surface area contributed by atoms with Crippen molar-refractivity contribution in [2.45, 2.75) is 18.8 Å². The van der Waals surface area contributed by atoms with Crippen molar-refractivity contribution in [3.8, 4) is 17.2 Å². The van der Waals surface area contributed by atoms with Gasteiger partial charge in [-0.2, -0.15) is 0 Å². The van der Waals surface area contributed by atoms with Gasteiger partial charge in [-0.3, -0.25) is 4.79 Å². The summed E-state index contributed by atoms with van der Waals surface area (Å²) in [5.74, 6) is 1.75. The van der Waals surface area contributed by atoms with Gasteiger partial charge in [-0.25, -0.2) is 0 Å². The monoisotopic (exact) mass is 458 g/mol. The van der Waals surface area contributed by atoms with Crippen LogP contribution in [-0.2, 0) is 11.2 Å². The van der Waals surface area contributed by atoms with Gasteiger partial charge >= 0.3 is 0 Å². The number of para-hydroxylation sites is 1. The van der Waals surface area contributed by atoms with Crippen molar-refractivity contribution in [2.75, 3.05) is 27.9 Å². The predicted molar refractivity (Wildman–Crippen MR) is 134 cm³/mol. The van der Waals surface area contributed by atoms with Gasteiger partial charge in [-0.15, -0.1) is 0 Å². The van der Waals surface area contributed by atoms with Crippen LogP contribution < -0.4 is 19.5 Å². The van der Waals surface area contributed by atoms with E-state index in [-0.39, 0.29) is 11.8 Å². The van der Waals surface area contributed by atoms with Crippen LogP contribution in [0, 0.1) is 0 Å². The Morgan fingerprint density at radius 3 is 2.26 bits per heavy atom. The molecule has 0 unspecified atom stereocenters. The highest BCUT2D eigenvalue weighted by Gasteiger charge is 2.19. The maximum atomic E-state index is 12.8. The second-order valence-corrected chi connectivity index (χ2v) is 8.09. The summed E-state index contributed by atoms with van der Waals surface area (Å²) in [6.07, 6.45) is 2.96. The van der Waals surface area contributed by atoms with E-state index in [0.29, 0.717) is 36.6 Å². The third-order valence-electron chi connectivity index (χ3n) is 6.07. The Hall–Kier alpha value is -3.93. The maximum absolute atomic E-state index is 12.8. The number of hydrogen-bond acceptors (Lipinski definition) is 4. The van der Waals surface area contributed by atoms with Crippen molar-refractivity contribution in [2.24, 2.45) is 0 Å². The van der Waals surface area contributed by atoms with Crippen LogP contribution >= 0.6 is 0 Å². The van der Waals surface area contributed by atoms with Crippen LogP contribution in [0.15, 0.2) is 72.9 Å².